The van der Waals surface area contributed by atoms with E-state index >= 15 is 0 Å². The molecule has 0 aliphatic heterocycles. The fraction of sp³-hybridized carbons (Fsp3) is 0.350. The van der Waals surface area contributed by atoms with Gasteiger partial charge in [-0.3, -0.25) is 4.40 Å². The molecule has 0 saturated carbocycles. The largest absolute Gasteiger partial charge is 0.357 e. The van der Waals surface area contributed by atoms with Gasteiger partial charge in [-0.25, -0.2) is 4.99 Å². The Hall–Kier alpha value is -2.54. The van der Waals surface area contributed by atoms with Crippen LogP contribution in [0.1, 0.15) is 23.9 Å². The molecule has 3 aromatic rings. The number of aryl methyl sites for hydroxylation is 1. The number of pyridine rings is 1. The molecule has 0 amide bonds. The summed E-state index contributed by atoms with van der Waals surface area (Å²) in [6, 6.07) is 12.4. The molecule has 0 fully saturated rings. The van der Waals surface area contributed by atoms with Crippen molar-refractivity contribution in [2.24, 2.45) is 4.99 Å². The second-order valence-corrected chi connectivity index (χ2v) is 7.08. The minimum Gasteiger partial charge on any atom is -0.357 e. The molecule has 0 bridgehead atoms. The van der Waals surface area contributed by atoms with Gasteiger partial charge in [0.1, 0.15) is 5.82 Å². The SMILES string of the molecule is CCNC(=NCc1ccc(C)cc1SC)NCCc1nnc2ccccn12. The third kappa shape index (κ3) is 5.01. The molecule has 27 heavy (non-hydrogen) atoms. The number of rotatable bonds is 7. The van der Waals surface area contributed by atoms with Crippen molar-refractivity contribution in [2.45, 2.75) is 31.7 Å². The van der Waals surface area contributed by atoms with E-state index < -0.39 is 0 Å². The molecular weight excluding hydrogens is 356 g/mol. The number of aromatic nitrogens is 3. The Morgan fingerprint density at radius 1 is 1.19 bits per heavy atom. The van der Waals surface area contributed by atoms with Gasteiger partial charge in [-0.15, -0.1) is 22.0 Å². The van der Waals surface area contributed by atoms with Gasteiger partial charge in [0.05, 0.1) is 6.54 Å². The Labute approximate surface area is 164 Å². The van der Waals surface area contributed by atoms with Crippen LogP contribution in [0.5, 0.6) is 0 Å². The number of guanidine groups is 1. The molecule has 0 atom stereocenters. The van der Waals surface area contributed by atoms with Gasteiger partial charge in [-0.05, 0) is 49.4 Å². The summed E-state index contributed by atoms with van der Waals surface area (Å²) in [5.74, 6) is 1.76. The molecule has 0 saturated heterocycles. The van der Waals surface area contributed by atoms with Gasteiger partial charge in [0.2, 0.25) is 0 Å². The predicted molar refractivity (Wildman–Crippen MR) is 112 cm³/mol. The average Bonchev–Trinajstić information content (AvgIpc) is 3.10. The number of thioether (sulfide) groups is 1. The Morgan fingerprint density at radius 3 is 2.89 bits per heavy atom. The number of fused-ring (bicyclic) bond motifs is 1. The molecule has 0 radical (unpaired) electrons. The summed E-state index contributed by atoms with van der Waals surface area (Å²) >= 11 is 1.76. The second kappa shape index (κ2) is 9.41. The maximum atomic E-state index is 4.74. The Balaban J connectivity index is 1.62. The van der Waals surface area contributed by atoms with E-state index in [1.165, 1.54) is 16.0 Å². The molecule has 0 aliphatic rings. The standard InChI is InChI=1S/C20H26N6S/c1-4-21-20(23-14-16-9-8-15(2)13-17(16)27-3)22-11-10-19-25-24-18-7-5-6-12-26(18)19/h5-9,12-13H,4,10-11,14H2,1-3H3,(H2,21,22,23). The van der Waals surface area contributed by atoms with Gasteiger partial charge in [-0.2, -0.15) is 0 Å². The summed E-state index contributed by atoms with van der Waals surface area (Å²) < 4.78 is 2.02. The lowest BCUT2D eigenvalue weighted by atomic mass is 10.1. The fourth-order valence-corrected chi connectivity index (χ4v) is 3.54. The molecule has 142 valence electrons. The van der Waals surface area contributed by atoms with Crippen molar-refractivity contribution in [3.63, 3.8) is 0 Å². The van der Waals surface area contributed by atoms with E-state index in [-0.39, 0.29) is 0 Å². The Bertz CT molecular complexity index is 918. The molecule has 7 heteroatoms. The third-order valence-corrected chi connectivity index (χ3v) is 5.04. The highest BCUT2D eigenvalue weighted by molar-refractivity contribution is 7.98. The first-order valence-corrected chi connectivity index (χ1v) is 10.4. The molecule has 0 spiro atoms. The molecule has 2 N–H and O–H groups in total. The van der Waals surface area contributed by atoms with E-state index in [0.29, 0.717) is 6.54 Å². The second-order valence-electron chi connectivity index (χ2n) is 6.23. The highest BCUT2D eigenvalue weighted by atomic mass is 32.2. The smallest absolute Gasteiger partial charge is 0.191 e. The lowest BCUT2D eigenvalue weighted by Crippen LogP contribution is -2.38. The fourth-order valence-electron chi connectivity index (χ4n) is 2.84. The molecule has 0 unspecified atom stereocenters. The molecule has 3 rings (SSSR count). The topological polar surface area (TPSA) is 66.6 Å². The zero-order chi connectivity index (χ0) is 19.1. The molecule has 0 aliphatic carbocycles. The van der Waals surface area contributed by atoms with E-state index in [0.717, 1.165) is 36.9 Å². The zero-order valence-corrected chi connectivity index (χ0v) is 16.9. The Kier molecular flexibility index (Phi) is 6.70. The minimum absolute atomic E-state index is 0.652. The van der Waals surface area contributed by atoms with Crippen molar-refractivity contribution >= 4 is 23.4 Å². The minimum atomic E-state index is 0.652. The Morgan fingerprint density at radius 2 is 2.07 bits per heavy atom. The molecule has 2 aromatic heterocycles. The van der Waals surface area contributed by atoms with Crippen molar-refractivity contribution in [1.29, 1.82) is 0 Å². The molecule has 2 heterocycles. The van der Waals surface area contributed by atoms with Crippen LogP contribution < -0.4 is 10.6 Å². The van der Waals surface area contributed by atoms with E-state index in [1.807, 2.05) is 28.8 Å². The van der Waals surface area contributed by atoms with Gasteiger partial charge < -0.3 is 10.6 Å². The van der Waals surface area contributed by atoms with Crippen LogP contribution in [0.15, 0.2) is 52.5 Å². The highest BCUT2D eigenvalue weighted by Gasteiger charge is 2.06. The van der Waals surface area contributed by atoms with Crippen molar-refractivity contribution in [2.75, 3.05) is 19.3 Å². The summed E-state index contributed by atoms with van der Waals surface area (Å²) in [4.78, 5) is 6.02. The van der Waals surface area contributed by atoms with Gasteiger partial charge in [0.15, 0.2) is 11.6 Å². The van der Waals surface area contributed by atoms with E-state index in [1.54, 1.807) is 11.8 Å². The van der Waals surface area contributed by atoms with Crippen LogP contribution in [-0.4, -0.2) is 39.9 Å². The van der Waals surface area contributed by atoms with Crippen molar-refractivity contribution in [3.05, 3.63) is 59.5 Å². The maximum Gasteiger partial charge on any atom is 0.191 e. The van der Waals surface area contributed by atoms with E-state index in [2.05, 4.69) is 59.1 Å². The van der Waals surface area contributed by atoms with Crippen LogP contribution in [-0.2, 0) is 13.0 Å². The first-order valence-electron chi connectivity index (χ1n) is 9.15. The van der Waals surface area contributed by atoms with Crippen LogP contribution in [0.4, 0.5) is 0 Å². The maximum absolute atomic E-state index is 4.74. The van der Waals surface area contributed by atoms with Crippen LogP contribution in [0.3, 0.4) is 0 Å². The van der Waals surface area contributed by atoms with Crippen LogP contribution in [0.2, 0.25) is 0 Å². The van der Waals surface area contributed by atoms with Crippen molar-refractivity contribution in [3.8, 4) is 0 Å². The number of aliphatic imine (C=N–C) groups is 1. The van der Waals surface area contributed by atoms with Crippen LogP contribution in [0, 0.1) is 6.92 Å². The lowest BCUT2D eigenvalue weighted by molar-refractivity contribution is 0.762. The van der Waals surface area contributed by atoms with Gasteiger partial charge in [0, 0.05) is 30.6 Å². The first-order chi connectivity index (χ1) is 13.2. The number of nitrogens with one attached hydrogen (secondary N) is 2. The summed E-state index contributed by atoms with van der Waals surface area (Å²) in [6.45, 7) is 6.41. The van der Waals surface area contributed by atoms with E-state index in [4.69, 9.17) is 4.99 Å². The first kappa shape index (κ1) is 19.2. The summed E-state index contributed by atoms with van der Waals surface area (Å²) in [5, 5.41) is 15.2. The van der Waals surface area contributed by atoms with Gasteiger partial charge in [0.25, 0.3) is 0 Å². The van der Waals surface area contributed by atoms with Crippen LogP contribution in [0.25, 0.3) is 5.65 Å². The third-order valence-electron chi connectivity index (χ3n) is 4.22. The number of nitrogens with zero attached hydrogens (tertiary/aromatic N) is 4. The zero-order valence-electron chi connectivity index (χ0n) is 16.1. The van der Waals surface area contributed by atoms with Gasteiger partial charge in [-0.1, -0.05) is 18.2 Å². The molecule has 1 aromatic carbocycles. The number of benzene rings is 1. The van der Waals surface area contributed by atoms with Gasteiger partial charge >= 0.3 is 0 Å². The average molecular weight is 383 g/mol. The molecule has 6 nitrogen and oxygen atoms in total. The summed E-state index contributed by atoms with van der Waals surface area (Å²) in [7, 11) is 0. The normalized spacial score (nSPS) is 11.7. The van der Waals surface area contributed by atoms with E-state index in [9.17, 15) is 0 Å². The summed E-state index contributed by atoms with van der Waals surface area (Å²) in [5.41, 5.74) is 3.39. The highest BCUT2D eigenvalue weighted by Crippen LogP contribution is 2.22. The lowest BCUT2D eigenvalue weighted by Gasteiger charge is -2.12. The quantitative estimate of drug-likeness (QED) is 0.373. The van der Waals surface area contributed by atoms with Crippen molar-refractivity contribution in [1.82, 2.24) is 25.2 Å². The molecular formula is C20H26N6S. The van der Waals surface area contributed by atoms with Crippen LogP contribution >= 0.6 is 11.8 Å². The monoisotopic (exact) mass is 382 g/mol. The number of hydrogen-bond acceptors (Lipinski definition) is 4. The summed E-state index contributed by atoms with van der Waals surface area (Å²) in [6.07, 6.45) is 4.87. The predicted octanol–water partition coefficient (Wildman–Crippen LogP) is 3.06. The van der Waals surface area contributed by atoms with Crippen molar-refractivity contribution < 1.29 is 0 Å². The number of hydrogen-bond donors (Lipinski definition) is 2.